The van der Waals surface area contributed by atoms with Crippen molar-refractivity contribution in [2.75, 3.05) is 37.9 Å². The molecule has 2 aromatic carbocycles. The number of nitrogens with one attached hydrogen (secondary N) is 1. The number of nitrogens with zero attached hydrogens (tertiary/aromatic N) is 3. The molecule has 2 amide bonds. The zero-order chi connectivity index (χ0) is 20.5. The van der Waals surface area contributed by atoms with Gasteiger partial charge in [0.1, 0.15) is 0 Å². The average molecular weight is 390 g/mol. The van der Waals surface area contributed by atoms with Gasteiger partial charge in [-0.25, -0.2) is 0 Å². The second-order valence-corrected chi connectivity index (χ2v) is 7.84. The number of amides is 2. The maximum atomic E-state index is 13.1. The highest BCUT2D eigenvalue weighted by molar-refractivity contribution is 6.06. The lowest BCUT2D eigenvalue weighted by Crippen LogP contribution is -2.37. The predicted octanol–water partition coefficient (Wildman–Crippen LogP) is 3.29. The van der Waals surface area contributed by atoms with E-state index in [0.717, 1.165) is 40.9 Å². The number of aromatic nitrogens is 1. The summed E-state index contributed by atoms with van der Waals surface area (Å²) in [4.78, 5) is 29.2. The van der Waals surface area contributed by atoms with Crippen LogP contribution in [-0.2, 0) is 16.1 Å². The first-order valence-electron chi connectivity index (χ1n) is 9.84. The first kappa shape index (κ1) is 19.2. The number of likely N-dealkylation sites (N-methyl/N-ethyl adjacent to an activating group) is 1. The van der Waals surface area contributed by atoms with Gasteiger partial charge < -0.3 is 19.7 Å². The van der Waals surface area contributed by atoms with E-state index in [1.807, 2.05) is 42.5 Å². The maximum Gasteiger partial charge on any atom is 0.232 e. The molecule has 0 spiro atoms. The Morgan fingerprint density at radius 2 is 1.97 bits per heavy atom. The highest BCUT2D eigenvalue weighted by Crippen LogP contribution is 2.36. The van der Waals surface area contributed by atoms with E-state index in [1.165, 1.54) is 0 Å². The molecule has 0 saturated heterocycles. The summed E-state index contributed by atoms with van der Waals surface area (Å²) in [6.45, 7) is 1.82. The topological polar surface area (TPSA) is 57.6 Å². The number of carbonyl (C=O) groups excluding carboxylic acids is 2. The van der Waals surface area contributed by atoms with Crippen LogP contribution in [0.3, 0.4) is 0 Å². The molecule has 6 heteroatoms. The Morgan fingerprint density at radius 1 is 1.17 bits per heavy atom. The molecule has 1 N–H and O–H groups in total. The summed E-state index contributed by atoms with van der Waals surface area (Å²) in [6.07, 6.45) is 2.26. The van der Waals surface area contributed by atoms with E-state index >= 15 is 0 Å². The van der Waals surface area contributed by atoms with Crippen molar-refractivity contribution in [1.29, 1.82) is 0 Å². The number of carbonyl (C=O) groups is 2. The molecule has 0 aliphatic carbocycles. The fourth-order valence-corrected chi connectivity index (χ4v) is 3.87. The largest absolute Gasteiger partial charge is 0.346 e. The van der Waals surface area contributed by atoms with Crippen molar-refractivity contribution >= 4 is 34.1 Å². The number of hydrogen-bond donors (Lipinski definition) is 1. The van der Waals surface area contributed by atoms with Crippen LogP contribution in [0, 0.1) is 0 Å². The van der Waals surface area contributed by atoms with Gasteiger partial charge >= 0.3 is 0 Å². The average Bonchev–Trinajstić information content (AvgIpc) is 3.11. The number of hydrogen-bond acceptors (Lipinski definition) is 3. The SMILES string of the molecule is CN(C)CCn1ccc2ccc(NC(=O)C3CC(=O)N(C)c4ccccc43)cc21. The van der Waals surface area contributed by atoms with Gasteiger partial charge in [-0.2, -0.15) is 0 Å². The molecular weight excluding hydrogens is 364 g/mol. The summed E-state index contributed by atoms with van der Waals surface area (Å²) < 4.78 is 2.19. The van der Waals surface area contributed by atoms with E-state index < -0.39 is 5.92 Å². The highest BCUT2D eigenvalue weighted by Gasteiger charge is 2.33. The van der Waals surface area contributed by atoms with Crippen LogP contribution in [0.5, 0.6) is 0 Å². The summed E-state index contributed by atoms with van der Waals surface area (Å²) >= 11 is 0. The Bertz CT molecular complexity index is 1070. The van der Waals surface area contributed by atoms with Gasteiger partial charge in [0, 0.05) is 44.1 Å². The Hall–Kier alpha value is -3.12. The Kier molecular flexibility index (Phi) is 5.11. The fourth-order valence-electron chi connectivity index (χ4n) is 3.87. The van der Waals surface area contributed by atoms with Crippen molar-refractivity contribution in [3.8, 4) is 0 Å². The quantitative estimate of drug-likeness (QED) is 0.727. The second-order valence-electron chi connectivity index (χ2n) is 7.84. The second kappa shape index (κ2) is 7.72. The molecule has 0 bridgehead atoms. The monoisotopic (exact) mass is 390 g/mol. The lowest BCUT2D eigenvalue weighted by atomic mass is 9.89. The van der Waals surface area contributed by atoms with Gasteiger partial charge in [-0.3, -0.25) is 9.59 Å². The van der Waals surface area contributed by atoms with Crippen LogP contribution in [0.25, 0.3) is 10.9 Å². The predicted molar refractivity (Wildman–Crippen MR) is 116 cm³/mol. The molecule has 1 aliphatic rings. The molecule has 2 heterocycles. The molecule has 1 atom stereocenters. The van der Waals surface area contributed by atoms with Crippen molar-refractivity contribution < 1.29 is 9.59 Å². The van der Waals surface area contributed by atoms with Crippen LogP contribution in [0.1, 0.15) is 17.9 Å². The molecule has 4 rings (SSSR count). The number of fused-ring (bicyclic) bond motifs is 2. The first-order chi connectivity index (χ1) is 13.9. The first-order valence-corrected chi connectivity index (χ1v) is 9.84. The molecule has 1 aromatic heterocycles. The minimum atomic E-state index is -0.480. The molecule has 150 valence electrons. The summed E-state index contributed by atoms with van der Waals surface area (Å²) in [5.41, 5.74) is 3.53. The van der Waals surface area contributed by atoms with Crippen LogP contribution in [0.2, 0.25) is 0 Å². The Labute approximate surface area is 170 Å². The van der Waals surface area contributed by atoms with Gasteiger partial charge in [0.15, 0.2) is 0 Å². The Morgan fingerprint density at radius 3 is 2.76 bits per heavy atom. The number of para-hydroxylation sites is 1. The maximum absolute atomic E-state index is 13.1. The van der Waals surface area contributed by atoms with Crippen LogP contribution in [-0.4, -0.2) is 49.0 Å². The smallest absolute Gasteiger partial charge is 0.232 e. The molecule has 0 fully saturated rings. The van der Waals surface area contributed by atoms with E-state index in [4.69, 9.17) is 0 Å². The van der Waals surface area contributed by atoms with Crippen LogP contribution >= 0.6 is 0 Å². The fraction of sp³-hybridized carbons (Fsp3) is 0.304. The Balaban J connectivity index is 1.58. The van der Waals surface area contributed by atoms with E-state index in [2.05, 4.69) is 41.1 Å². The van der Waals surface area contributed by atoms with E-state index in [9.17, 15) is 9.59 Å². The molecule has 1 unspecified atom stereocenters. The molecule has 6 nitrogen and oxygen atoms in total. The van der Waals surface area contributed by atoms with Crippen molar-refractivity contribution in [3.05, 3.63) is 60.3 Å². The number of benzene rings is 2. The van der Waals surface area contributed by atoms with Gasteiger partial charge in [-0.05, 0) is 49.3 Å². The molecule has 0 radical (unpaired) electrons. The van der Waals surface area contributed by atoms with Crippen LogP contribution in [0.4, 0.5) is 11.4 Å². The summed E-state index contributed by atoms with van der Waals surface area (Å²) in [5, 5.41) is 4.17. The third-order valence-corrected chi connectivity index (χ3v) is 5.57. The van der Waals surface area contributed by atoms with Crippen molar-refractivity contribution in [2.45, 2.75) is 18.9 Å². The van der Waals surface area contributed by atoms with Gasteiger partial charge in [-0.1, -0.05) is 24.3 Å². The highest BCUT2D eigenvalue weighted by atomic mass is 16.2. The summed E-state index contributed by atoms with van der Waals surface area (Å²) in [7, 11) is 5.86. The minimum absolute atomic E-state index is 0.0446. The lowest BCUT2D eigenvalue weighted by Gasteiger charge is -2.30. The van der Waals surface area contributed by atoms with Gasteiger partial charge in [-0.15, -0.1) is 0 Å². The number of rotatable bonds is 5. The van der Waals surface area contributed by atoms with Crippen molar-refractivity contribution in [3.63, 3.8) is 0 Å². The van der Waals surface area contributed by atoms with Crippen LogP contribution in [0.15, 0.2) is 54.7 Å². The summed E-state index contributed by atoms with van der Waals surface area (Å²) in [6, 6.07) is 15.6. The zero-order valence-electron chi connectivity index (χ0n) is 17.1. The van der Waals surface area contributed by atoms with Crippen LogP contribution < -0.4 is 10.2 Å². The normalized spacial score (nSPS) is 16.3. The van der Waals surface area contributed by atoms with Gasteiger partial charge in [0.05, 0.1) is 11.4 Å². The molecule has 29 heavy (non-hydrogen) atoms. The zero-order valence-corrected chi connectivity index (χ0v) is 17.1. The molecule has 1 aliphatic heterocycles. The third-order valence-electron chi connectivity index (χ3n) is 5.57. The lowest BCUT2D eigenvalue weighted by molar-refractivity contribution is -0.124. The van der Waals surface area contributed by atoms with Crippen molar-refractivity contribution in [2.24, 2.45) is 0 Å². The third kappa shape index (κ3) is 3.76. The standard InChI is InChI=1S/C23H26N4O2/c1-25(2)12-13-27-11-10-16-8-9-17(14-21(16)27)24-23(29)19-15-22(28)26(3)20-7-5-4-6-18(19)20/h4-11,14,19H,12-13,15H2,1-3H3,(H,24,29). The van der Waals surface area contributed by atoms with Gasteiger partial charge in [0.2, 0.25) is 11.8 Å². The van der Waals surface area contributed by atoms with Crippen molar-refractivity contribution in [1.82, 2.24) is 9.47 Å². The molecule has 0 saturated carbocycles. The van der Waals surface area contributed by atoms with Gasteiger partial charge in [0.25, 0.3) is 0 Å². The summed E-state index contributed by atoms with van der Waals surface area (Å²) in [5.74, 6) is -0.673. The van der Waals surface area contributed by atoms with E-state index in [0.29, 0.717) is 0 Å². The molecular formula is C23H26N4O2. The van der Waals surface area contributed by atoms with E-state index in [1.54, 1.807) is 11.9 Å². The number of anilines is 2. The molecule has 3 aromatic rings. The van der Waals surface area contributed by atoms with E-state index in [-0.39, 0.29) is 18.2 Å². The minimum Gasteiger partial charge on any atom is -0.346 e.